The maximum Gasteiger partial charge on any atom is 0.297 e. The van der Waals surface area contributed by atoms with Crippen LogP contribution >= 0.6 is 11.8 Å². The third kappa shape index (κ3) is 4.53. The lowest BCUT2D eigenvalue weighted by atomic mass is 10.2. The Labute approximate surface area is 200 Å². The van der Waals surface area contributed by atoms with Gasteiger partial charge in [0.15, 0.2) is 5.16 Å². The van der Waals surface area contributed by atoms with Gasteiger partial charge in [-0.05, 0) is 31.0 Å². The zero-order valence-corrected chi connectivity index (χ0v) is 19.6. The van der Waals surface area contributed by atoms with Crippen molar-refractivity contribution < 1.29 is 18.7 Å². The third-order valence-electron chi connectivity index (χ3n) is 5.86. The van der Waals surface area contributed by atoms with Gasteiger partial charge in [0, 0.05) is 24.1 Å². The number of hydrogen-bond donors (Lipinski definition) is 1. The Morgan fingerprint density at radius 1 is 1.24 bits per heavy atom. The largest absolute Gasteiger partial charge is 0.496 e. The average Bonchev–Trinajstić information content (AvgIpc) is 3.51. The number of carbonyl (C=O) groups is 1. The van der Waals surface area contributed by atoms with Gasteiger partial charge in [-0.1, -0.05) is 42.1 Å². The summed E-state index contributed by atoms with van der Waals surface area (Å²) < 4.78 is 18.5. The zero-order chi connectivity index (χ0) is 23.5. The SMILES string of the molecule is COc1ccccc1CNC(=O)CSc1nc2c(oc3ccccc32)c(=O)n1C[C@@H]1CCCO1. The second kappa shape index (κ2) is 9.90. The van der Waals surface area contributed by atoms with Gasteiger partial charge in [-0.15, -0.1) is 0 Å². The molecule has 3 heterocycles. The number of nitrogens with zero attached hydrogens (tertiary/aromatic N) is 2. The summed E-state index contributed by atoms with van der Waals surface area (Å²) in [6, 6.07) is 15.0. The topological polar surface area (TPSA) is 95.6 Å². The Morgan fingerprint density at radius 3 is 2.88 bits per heavy atom. The van der Waals surface area contributed by atoms with Crippen molar-refractivity contribution >= 4 is 39.7 Å². The van der Waals surface area contributed by atoms with E-state index >= 15 is 0 Å². The molecule has 1 N–H and O–H groups in total. The van der Waals surface area contributed by atoms with Gasteiger partial charge in [-0.3, -0.25) is 14.2 Å². The monoisotopic (exact) mass is 479 g/mol. The van der Waals surface area contributed by atoms with E-state index in [1.807, 2.05) is 48.5 Å². The second-order valence-electron chi connectivity index (χ2n) is 8.10. The molecule has 0 unspecified atom stereocenters. The van der Waals surface area contributed by atoms with E-state index in [1.54, 1.807) is 11.7 Å². The molecule has 2 aromatic heterocycles. The van der Waals surface area contributed by atoms with E-state index in [0.717, 1.165) is 29.5 Å². The Morgan fingerprint density at radius 2 is 2.06 bits per heavy atom. The molecule has 0 saturated carbocycles. The first-order valence-corrected chi connectivity index (χ1v) is 12.2. The highest BCUT2D eigenvalue weighted by Gasteiger charge is 2.23. The molecule has 0 spiro atoms. The van der Waals surface area contributed by atoms with Crippen LogP contribution in [-0.2, 0) is 22.6 Å². The van der Waals surface area contributed by atoms with Gasteiger partial charge in [-0.2, -0.15) is 0 Å². The van der Waals surface area contributed by atoms with E-state index in [0.29, 0.717) is 36.0 Å². The number of rotatable bonds is 8. The summed E-state index contributed by atoms with van der Waals surface area (Å²) in [5.74, 6) is 0.680. The van der Waals surface area contributed by atoms with E-state index < -0.39 is 0 Å². The van der Waals surface area contributed by atoms with Crippen LogP contribution in [0.25, 0.3) is 22.1 Å². The van der Waals surface area contributed by atoms with Crippen LogP contribution in [0.4, 0.5) is 0 Å². The molecule has 1 aliphatic rings. The minimum Gasteiger partial charge on any atom is -0.496 e. The zero-order valence-electron chi connectivity index (χ0n) is 18.8. The Balaban J connectivity index is 1.39. The molecule has 1 aliphatic heterocycles. The minimum atomic E-state index is -0.256. The molecular weight excluding hydrogens is 454 g/mol. The number of thioether (sulfide) groups is 1. The molecule has 2 aromatic carbocycles. The third-order valence-corrected chi connectivity index (χ3v) is 6.83. The van der Waals surface area contributed by atoms with Crippen molar-refractivity contribution in [1.29, 1.82) is 0 Å². The van der Waals surface area contributed by atoms with E-state index in [1.165, 1.54) is 11.8 Å². The van der Waals surface area contributed by atoms with E-state index in [9.17, 15) is 9.59 Å². The van der Waals surface area contributed by atoms with Crippen LogP contribution in [0.3, 0.4) is 0 Å². The first-order chi connectivity index (χ1) is 16.6. The predicted molar refractivity (Wildman–Crippen MR) is 130 cm³/mol. The van der Waals surface area contributed by atoms with Crippen LogP contribution < -0.4 is 15.6 Å². The fourth-order valence-corrected chi connectivity index (χ4v) is 4.97. The van der Waals surface area contributed by atoms with Crippen molar-refractivity contribution in [2.45, 2.75) is 37.2 Å². The number of ether oxygens (including phenoxy) is 2. The number of nitrogens with one attached hydrogen (secondary N) is 1. The predicted octanol–water partition coefficient (Wildman–Crippen LogP) is 3.74. The molecule has 34 heavy (non-hydrogen) atoms. The quantitative estimate of drug-likeness (QED) is 0.304. The maximum absolute atomic E-state index is 13.4. The van der Waals surface area contributed by atoms with Crippen LogP contribution in [0.5, 0.6) is 5.75 Å². The molecule has 4 aromatic rings. The van der Waals surface area contributed by atoms with E-state index in [4.69, 9.17) is 18.9 Å². The Hall–Kier alpha value is -3.30. The van der Waals surface area contributed by atoms with E-state index in [-0.39, 0.29) is 28.9 Å². The lowest BCUT2D eigenvalue weighted by molar-refractivity contribution is -0.118. The van der Waals surface area contributed by atoms with Crippen LogP contribution in [0, 0.1) is 0 Å². The number of fused-ring (bicyclic) bond motifs is 3. The van der Waals surface area contributed by atoms with Gasteiger partial charge in [0.05, 0.1) is 25.5 Å². The fraction of sp³-hybridized carbons (Fsp3) is 0.320. The summed E-state index contributed by atoms with van der Waals surface area (Å²) in [5, 5.41) is 4.17. The average molecular weight is 480 g/mol. The van der Waals surface area contributed by atoms with Crippen LogP contribution in [0.15, 0.2) is 62.9 Å². The number of benzene rings is 2. The molecule has 0 aliphatic carbocycles. The first-order valence-electron chi connectivity index (χ1n) is 11.2. The molecule has 1 saturated heterocycles. The molecular formula is C25H25N3O5S. The van der Waals surface area contributed by atoms with Gasteiger partial charge in [0.2, 0.25) is 11.5 Å². The van der Waals surface area contributed by atoms with Crippen molar-refractivity contribution in [2.75, 3.05) is 19.5 Å². The molecule has 9 heteroatoms. The summed E-state index contributed by atoms with van der Waals surface area (Å²) in [4.78, 5) is 30.8. The molecule has 1 atom stereocenters. The van der Waals surface area contributed by atoms with Crippen LogP contribution in [0.2, 0.25) is 0 Å². The van der Waals surface area contributed by atoms with Crippen LogP contribution in [-0.4, -0.2) is 41.0 Å². The molecule has 1 fully saturated rings. The number of amides is 1. The summed E-state index contributed by atoms with van der Waals surface area (Å²) >= 11 is 1.24. The maximum atomic E-state index is 13.4. The van der Waals surface area contributed by atoms with Crippen molar-refractivity contribution in [3.63, 3.8) is 0 Å². The number of furan rings is 1. The fourth-order valence-electron chi connectivity index (χ4n) is 4.14. The molecule has 5 rings (SSSR count). The normalized spacial score (nSPS) is 15.7. The van der Waals surface area contributed by atoms with Crippen molar-refractivity contribution in [3.05, 3.63) is 64.4 Å². The number of para-hydroxylation sites is 2. The minimum absolute atomic E-state index is 0.0555. The summed E-state index contributed by atoms with van der Waals surface area (Å²) in [7, 11) is 1.60. The van der Waals surface area contributed by atoms with Gasteiger partial charge in [0.25, 0.3) is 5.56 Å². The smallest absolute Gasteiger partial charge is 0.297 e. The number of aromatic nitrogens is 2. The van der Waals surface area contributed by atoms with E-state index in [2.05, 4.69) is 5.32 Å². The van der Waals surface area contributed by atoms with Gasteiger partial charge < -0.3 is 19.2 Å². The highest BCUT2D eigenvalue weighted by molar-refractivity contribution is 7.99. The highest BCUT2D eigenvalue weighted by atomic mass is 32.2. The van der Waals surface area contributed by atoms with Crippen LogP contribution in [0.1, 0.15) is 18.4 Å². The molecule has 1 amide bonds. The molecule has 176 valence electrons. The van der Waals surface area contributed by atoms with Gasteiger partial charge in [-0.25, -0.2) is 4.98 Å². The van der Waals surface area contributed by atoms with Crippen molar-refractivity contribution in [2.24, 2.45) is 0 Å². The Kier molecular flexibility index (Phi) is 6.55. The summed E-state index contributed by atoms with van der Waals surface area (Å²) in [6.07, 6.45) is 1.79. The van der Waals surface area contributed by atoms with Gasteiger partial charge in [0.1, 0.15) is 16.8 Å². The Bertz CT molecular complexity index is 1390. The first kappa shape index (κ1) is 22.5. The lowest BCUT2D eigenvalue weighted by Gasteiger charge is -2.15. The molecule has 0 bridgehead atoms. The lowest BCUT2D eigenvalue weighted by Crippen LogP contribution is -2.29. The number of methoxy groups -OCH3 is 1. The summed E-state index contributed by atoms with van der Waals surface area (Å²) in [6.45, 7) is 1.42. The number of hydrogen-bond acceptors (Lipinski definition) is 7. The summed E-state index contributed by atoms with van der Waals surface area (Å²) in [5.41, 5.74) is 1.99. The highest BCUT2D eigenvalue weighted by Crippen LogP contribution is 2.28. The molecule has 0 radical (unpaired) electrons. The number of carbonyl (C=O) groups excluding carboxylic acids is 1. The van der Waals surface area contributed by atoms with Crippen molar-refractivity contribution in [1.82, 2.24) is 14.9 Å². The standard InChI is InChI=1S/C25H25N3O5S/c1-31-19-10-4-2-7-16(19)13-26-21(29)15-34-25-27-22-18-9-3-5-11-20(18)33-23(22)24(30)28(25)14-17-8-6-12-32-17/h2-5,7,9-11,17H,6,8,12-15H2,1H3,(H,26,29)/t17-/m0/s1. The molecule has 8 nitrogen and oxygen atoms in total. The van der Waals surface area contributed by atoms with Gasteiger partial charge >= 0.3 is 0 Å². The van der Waals surface area contributed by atoms with Crippen molar-refractivity contribution in [3.8, 4) is 5.75 Å². The second-order valence-corrected chi connectivity index (χ2v) is 9.04.